The second-order valence-electron chi connectivity index (χ2n) is 4.62. The number of rotatable bonds is 7. The third-order valence-corrected chi connectivity index (χ3v) is 2.54. The molecule has 2 unspecified atom stereocenters. The Kier molecular flexibility index (Phi) is 6.97. The smallest absolute Gasteiger partial charge is 0.237 e. The van der Waals surface area contributed by atoms with E-state index >= 15 is 0 Å². The van der Waals surface area contributed by atoms with Crippen molar-refractivity contribution in [3.8, 4) is 0 Å². The van der Waals surface area contributed by atoms with Crippen LogP contribution in [-0.2, 0) is 9.59 Å². The Balaban J connectivity index is 4.29. The summed E-state index contributed by atoms with van der Waals surface area (Å²) in [5, 5.41) is 5.91. The van der Waals surface area contributed by atoms with Crippen molar-refractivity contribution >= 4 is 11.7 Å². The van der Waals surface area contributed by atoms with E-state index in [1.807, 2.05) is 20.8 Å². The van der Waals surface area contributed by atoms with Gasteiger partial charge in [0.15, 0.2) is 0 Å². The van der Waals surface area contributed by atoms with Gasteiger partial charge in [-0.15, -0.1) is 0 Å². The summed E-state index contributed by atoms with van der Waals surface area (Å²) in [5.74, 6) is 0.0888. The molecule has 0 aliphatic heterocycles. The summed E-state index contributed by atoms with van der Waals surface area (Å²) >= 11 is 0. The summed E-state index contributed by atoms with van der Waals surface area (Å²) in [6.07, 6.45) is 0.975. The molecule has 0 saturated carbocycles. The molecule has 2 N–H and O–H groups in total. The Hall–Kier alpha value is -0.900. The molecule has 1 amide bonds. The lowest BCUT2D eigenvalue weighted by Gasteiger charge is -2.24. The van der Waals surface area contributed by atoms with Crippen LogP contribution in [0.4, 0.5) is 0 Å². The second-order valence-corrected chi connectivity index (χ2v) is 4.62. The summed E-state index contributed by atoms with van der Waals surface area (Å²) < 4.78 is 0. The van der Waals surface area contributed by atoms with Crippen LogP contribution in [0.25, 0.3) is 0 Å². The van der Waals surface area contributed by atoms with E-state index in [9.17, 15) is 9.59 Å². The summed E-state index contributed by atoms with van der Waals surface area (Å²) in [7, 11) is 0. The molecular weight excluding hydrogens is 204 g/mol. The van der Waals surface area contributed by atoms with E-state index < -0.39 is 0 Å². The van der Waals surface area contributed by atoms with Gasteiger partial charge < -0.3 is 10.6 Å². The normalized spacial score (nSPS) is 14.6. The fraction of sp³-hybridized carbons (Fsp3) is 0.833. The maximum Gasteiger partial charge on any atom is 0.237 e. The molecule has 0 bridgehead atoms. The molecule has 2 atom stereocenters. The van der Waals surface area contributed by atoms with E-state index in [0.29, 0.717) is 6.04 Å². The topological polar surface area (TPSA) is 58.2 Å². The van der Waals surface area contributed by atoms with Crippen molar-refractivity contribution in [3.05, 3.63) is 0 Å². The molecule has 4 nitrogen and oxygen atoms in total. The van der Waals surface area contributed by atoms with Gasteiger partial charge in [0.25, 0.3) is 0 Å². The summed E-state index contributed by atoms with van der Waals surface area (Å²) in [6.45, 7) is 9.69. The zero-order chi connectivity index (χ0) is 12.7. The Morgan fingerprint density at radius 2 is 1.75 bits per heavy atom. The molecule has 0 aliphatic carbocycles. The monoisotopic (exact) mass is 228 g/mol. The SMILES string of the molecule is CCC(C)NC(C(=O)NCC(C)=O)C(C)C. The lowest BCUT2D eigenvalue weighted by atomic mass is 10.0. The van der Waals surface area contributed by atoms with Gasteiger partial charge in [0.2, 0.25) is 5.91 Å². The van der Waals surface area contributed by atoms with E-state index in [-0.39, 0.29) is 30.2 Å². The molecule has 94 valence electrons. The molecule has 0 aromatic heterocycles. The minimum absolute atomic E-state index is 0.0283. The van der Waals surface area contributed by atoms with Crippen molar-refractivity contribution in [2.45, 2.75) is 53.1 Å². The largest absolute Gasteiger partial charge is 0.348 e. The van der Waals surface area contributed by atoms with Gasteiger partial charge in [-0.2, -0.15) is 0 Å². The van der Waals surface area contributed by atoms with E-state index in [4.69, 9.17) is 0 Å². The fourth-order valence-electron chi connectivity index (χ4n) is 1.32. The number of Topliss-reactive ketones (excluding diaryl/α,β-unsaturated/α-hetero) is 1. The van der Waals surface area contributed by atoms with Gasteiger partial charge in [0.1, 0.15) is 5.78 Å². The Morgan fingerprint density at radius 3 is 2.12 bits per heavy atom. The zero-order valence-corrected chi connectivity index (χ0v) is 11.0. The van der Waals surface area contributed by atoms with Crippen LogP contribution >= 0.6 is 0 Å². The van der Waals surface area contributed by atoms with Crippen LogP contribution in [0.3, 0.4) is 0 Å². The van der Waals surface area contributed by atoms with Crippen molar-refractivity contribution in [1.82, 2.24) is 10.6 Å². The first kappa shape index (κ1) is 15.1. The van der Waals surface area contributed by atoms with Crippen molar-refractivity contribution in [3.63, 3.8) is 0 Å². The molecule has 0 heterocycles. The van der Waals surface area contributed by atoms with Gasteiger partial charge in [-0.05, 0) is 26.2 Å². The van der Waals surface area contributed by atoms with Crippen LogP contribution in [0.2, 0.25) is 0 Å². The molecule has 0 fully saturated rings. The predicted molar refractivity (Wildman–Crippen MR) is 65.2 cm³/mol. The van der Waals surface area contributed by atoms with Gasteiger partial charge in [0, 0.05) is 6.04 Å². The molecule has 16 heavy (non-hydrogen) atoms. The van der Waals surface area contributed by atoms with Crippen LogP contribution in [-0.4, -0.2) is 30.3 Å². The number of ketones is 1. The number of carbonyl (C=O) groups is 2. The maximum atomic E-state index is 11.8. The zero-order valence-electron chi connectivity index (χ0n) is 11.0. The molecule has 0 spiro atoms. The molecule has 0 saturated heterocycles. The molecule has 0 rings (SSSR count). The average Bonchev–Trinajstić information content (AvgIpc) is 2.21. The first-order valence-corrected chi connectivity index (χ1v) is 5.91. The Morgan fingerprint density at radius 1 is 1.19 bits per heavy atom. The van der Waals surface area contributed by atoms with Gasteiger partial charge in [0.05, 0.1) is 12.6 Å². The third-order valence-electron chi connectivity index (χ3n) is 2.54. The minimum atomic E-state index is -0.228. The van der Waals surface area contributed by atoms with Crippen LogP contribution in [0, 0.1) is 5.92 Å². The summed E-state index contributed by atoms with van der Waals surface area (Å²) in [4.78, 5) is 22.6. The van der Waals surface area contributed by atoms with Crippen LogP contribution in [0.15, 0.2) is 0 Å². The Bertz CT molecular complexity index is 239. The van der Waals surface area contributed by atoms with Crippen molar-refractivity contribution in [2.24, 2.45) is 5.92 Å². The van der Waals surface area contributed by atoms with Crippen LogP contribution in [0.5, 0.6) is 0 Å². The van der Waals surface area contributed by atoms with Crippen molar-refractivity contribution in [2.75, 3.05) is 6.54 Å². The quantitative estimate of drug-likeness (QED) is 0.686. The van der Waals surface area contributed by atoms with E-state index in [1.165, 1.54) is 6.92 Å². The number of amides is 1. The van der Waals surface area contributed by atoms with Crippen molar-refractivity contribution in [1.29, 1.82) is 0 Å². The van der Waals surface area contributed by atoms with Crippen LogP contribution in [0.1, 0.15) is 41.0 Å². The molecule has 0 aromatic carbocycles. The Labute approximate surface area is 98.2 Å². The summed E-state index contributed by atoms with van der Waals surface area (Å²) in [5.41, 5.74) is 0. The molecule has 4 heteroatoms. The highest BCUT2D eigenvalue weighted by Gasteiger charge is 2.22. The fourth-order valence-corrected chi connectivity index (χ4v) is 1.32. The molecule has 0 aromatic rings. The average molecular weight is 228 g/mol. The highest BCUT2D eigenvalue weighted by molar-refractivity contribution is 5.87. The first-order valence-electron chi connectivity index (χ1n) is 5.91. The second kappa shape index (κ2) is 7.39. The lowest BCUT2D eigenvalue weighted by molar-refractivity contribution is -0.127. The van der Waals surface area contributed by atoms with E-state index in [2.05, 4.69) is 17.6 Å². The number of hydrogen-bond donors (Lipinski definition) is 2. The van der Waals surface area contributed by atoms with Crippen LogP contribution < -0.4 is 10.6 Å². The number of carbonyl (C=O) groups excluding carboxylic acids is 2. The molecule has 0 aliphatic rings. The van der Waals surface area contributed by atoms with Crippen molar-refractivity contribution < 1.29 is 9.59 Å². The van der Waals surface area contributed by atoms with Gasteiger partial charge in [-0.1, -0.05) is 20.8 Å². The number of hydrogen-bond acceptors (Lipinski definition) is 3. The first-order chi connectivity index (χ1) is 7.38. The highest BCUT2D eigenvalue weighted by atomic mass is 16.2. The standard InChI is InChI=1S/C12H24N2O2/c1-6-9(4)14-11(8(2)3)12(16)13-7-10(5)15/h8-9,11,14H,6-7H2,1-5H3,(H,13,16). The van der Waals surface area contributed by atoms with Gasteiger partial charge >= 0.3 is 0 Å². The number of nitrogens with one attached hydrogen (secondary N) is 2. The highest BCUT2D eigenvalue weighted by Crippen LogP contribution is 2.04. The van der Waals surface area contributed by atoms with Gasteiger partial charge in [-0.25, -0.2) is 0 Å². The maximum absolute atomic E-state index is 11.8. The lowest BCUT2D eigenvalue weighted by Crippen LogP contribution is -2.51. The third kappa shape index (κ3) is 5.85. The van der Waals surface area contributed by atoms with E-state index in [0.717, 1.165) is 6.42 Å². The minimum Gasteiger partial charge on any atom is -0.348 e. The predicted octanol–water partition coefficient (Wildman–Crippen LogP) is 1.10. The molecular formula is C12H24N2O2. The summed E-state index contributed by atoms with van der Waals surface area (Å²) in [6, 6.07) is 0.0739. The van der Waals surface area contributed by atoms with E-state index in [1.54, 1.807) is 0 Å². The molecule has 0 radical (unpaired) electrons. The van der Waals surface area contributed by atoms with Gasteiger partial charge in [-0.3, -0.25) is 9.59 Å².